The molecule has 1 N–H and O–H groups in total. The van der Waals surface area contributed by atoms with Gasteiger partial charge in [0.15, 0.2) is 0 Å². The minimum Gasteiger partial charge on any atom is -0.468 e. The summed E-state index contributed by atoms with van der Waals surface area (Å²) in [6, 6.07) is 0. The average molecular weight is 246 g/mol. The first-order chi connectivity index (χ1) is 6.22. The van der Waals surface area contributed by atoms with Crippen molar-refractivity contribution >= 4 is 27.8 Å². The van der Waals surface area contributed by atoms with Crippen LogP contribution >= 0.6 is 15.9 Å². The number of halogens is 1. The van der Waals surface area contributed by atoms with E-state index in [1.54, 1.807) is 12.4 Å². The molecule has 6 heteroatoms. The van der Waals surface area contributed by atoms with Crippen LogP contribution in [0.3, 0.4) is 0 Å². The molecule has 0 aliphatic heterocycles. The van der Waals surface area contributed by atoms with E-state index in [9.17, 15) is 4.79 Å². The Morgan fingerprint density at radius 1 is 1.62 bits per heavy atom. The molecule has 1 aromatic rings. The molecule has 0 unspecified atom stereocenters. The summed E-state index contributed by atoms with van der Waals surface area (Å²) in [4.78, 5) is 18.5. The zero-order valence-electron chi connectivity index (χ0n) is 6.95. The summed E-state index contributed by atoms with van der Waals surface area (Å²) in [5, 5.41) is 2.70. The lowest BCUT2D eigenvalue weighted by Crippen LogP contribution is -2.16. The Labute approximate surface area is 83.7 Å². The van der Waals surface area contributed by atoms with Crippen LogP contribution in [0.15, 0.2) is 16.9 Å². The minimum atomic E-state index is -0.355. The third-order valence-corrected chi connectivity index (χ3v) is 1.65. The molecule has 5 nitrogen and oxygen atoms in total. The van der Waals surface area contributed by atoms with Crippen LogP contribution in [0.4, 0.5) is 5.95 Å². The van der Waals surface area contributed by atoms with Crippen molar-refractivity contribution in [3.63, 3.8) is 0 Å². The normalized spacial score (nSPS) is 9.38. The third kappa shape index (κ3) is 3.37. The molecule has 1 aromatic heterocycles. The number of hydrogen-bond donors (Lipinski definition) is 1. The van der Waals surface area contributed by atoms with E-state index in [0.717, 1.165) is 4.47 Å². The summed E-state index contributed by atoms with van der Waals surface area (Å²) in [5.74, 6) is 0.0418. The van der Waals surface area contributed by atoms with Gasteiger partial charge in [0, 0.05) is 12.4 Å². The zero-order chi connectivity index (χ0) is 9.68. The molecule has 0 aliphatic carbocycles. The van der Waals surface area contributed by atoms with Gasteiger partial charge < -0.3 is 10.1 Å². The number of esters is 1. The maximum atomic E-state index is 10.7. The Balaban J connectivity index is 2.46. The zero-order valence-corrected chi connectivity index (χ0v) is 8.54. The molecular formula is C7H8BrN3O2. The maximum absolute atomic E-state index is 10.7. The van der Waals surface area contributed by atoms with Crippen molar-refractivity contribution in [3.8, 4) is 0 Å². The summed E-state index contributed by atoms with van der Waals surface area (Å²) in [5.41, 5.74) is 0. The first-order valence-electron chi connectivity index (χ1n) is 3.50. The molecule has 1 rings (SSSR count). The van der Waals surface area contributed by atoms with E-state index in [4.69, 9.17) is 0 Å². The number of carbonyl (C=O) groups is 1. The highest BCUT2D eigenvalue weighted by atomic mass is 79.9. The van der Waals surface area contributed by atoms with E-state index in [0.29, 0.717) is 5.95 Å². The fourth-order valence-corrected chi connectivity index (χ4v) is 0.832. The molecule has 1 heterocycles. The lowest BCUT2D eigenvalue weighted by atomic mass is 10.6. The molecule has 0 spiro atoms. The van der Waals surface area contributed by atoms with Crippen molar-refractivity contribution < 1.29 is 9.53 Å². The topological polar surface area (TPSA) is 64.1 Å². The second kappa shape index (κ2) is 4.76. The SMILES string of the molecule is COC(=O)CNc1ncc(Br)cn1. The smallest absolute Gasteiger partial charge is 0.325 e. The largest absolute Gasteiger partial charge is 0.468 e. The van der Waals surface area contributed by atoms with Crippen LogP contribution in [0.25, 0.3) is 0 Å². The summed E-state index contributed by atoms with van der Waals surface area (Å²) < 4.78 is 5.22. The van der Waals surface area contributed by atoms with Crippen LogP contribution in [-0.4, -0.2) is 29.6 Å². The van der Waals surface area contributed by atoms with Crippen molar-refractivity contribution in [3.05, 3.63) is 16.9 Å². The number of nitrogens with one attached hydrogen (secondary N) is 1. The average Bonchev–Trinajstić information content (AvgIpc) is 2.16. The molecule has 0 saturated heterocycles. The number of rotatable bonds is 3. The van der Waals surface area contributed by atoms with Crippen molar-refractivity contribution in [2.24, 2.45) is 0 Å². The van der Waals surface area contributed by atoms with E-state index in [1.807, 2.05) is 0 Å². The number of hydrogen-bond acceptors (Lipinski definition) is 5. The fourth-order valence-electron chi connectivity index (χ4n) is 0.627. The molecule has 0 aliphatic rings. The Bertz CT molecular complexity index is 288. The lowest BCUT2D eigenvalue weighted by molar-refractivity contribution is -0.138. The molecule has 0 saturated carbocycles. The highest BCUT2D eigenvalue weighted by Crippen LogP contribution is 2.06. The molecular weight excluding hydrogens is 238 g/mol. The van der Waals surface area contributed by atoms with Crippen LogP contribution in [0.5, 0.6) is 0 Å². The summed E-state index contributed by atoms with van der Waals surface area (Å²) in [6.07, 6.45) is 3.18. The Morgan fingerprint density at radius 3 is 2.77 bits per heavy atom. The molecule has 70 valence electrons. The van der Waals surface area contributed by atoms with Gasteiger partial charge in [-0.2, -0.15) is 0 Å². The summed E-state index contributed by atoms with van der Waals surface area (Å²) >= 11 is 3.19. The Hall–Kier alpha value is -1.17. The van der Waals surface area contributed by atoms with Gasteiger partial charge in [-0.15, -0.1) is 0 Å². The van der Waals surface area contributed by atoms with E-state index < -0.39 is 0 Å². The number of ether oxygens (including phenoxy) is 1. The van der Waals surface area contributed by atoms with Crippen molar-refractivity contribution in [1.29, 1.82) is 0 Å². The first-order valence-corrected chi connectivity index (χ1v) is 4.30. The van der Waals surface area contributed by atoms with Crippen LogP contribution in [-0.2, 0) is 9.53 Å². The minimum absolute atomic E-state index is 0.0676. The van der Waals surface area contributed by atoms with Gasteiger partial charge in [0.2, 0.25) is 5.95 Å². The molecule has 0 radical (unpaired) electrons. The second-order valence-electron chi connectivity index (χ2n) is 2.15. The lowest BCUT2D eigenvalue weighted by Gasteiger charge is -2.01. The monoisotopic (exact) mass is 245 g/mol. The van der Waals surface area contributed by atoms with Crippen molar-refractivity contribution in [2.75, 3.05) is 19.0 Å². The highest BCUT2D eigenvalue weighted by molar-refractivity contribution is 9.10. The number of anilines is 1. The number of aromatic nitrogens is 2. The summed E-state index contributed by atoms with van der Waals surface area (Å²) in [6.45, 7) is 0.0676. The second-order valence-corrected chi connectivity index (χ2v) is 3.07. The van der Waals surface area contributed by atoms with Crippen LogP contribution in [0.1, 0.15) is 0 Å². The maximum Gasteiger partial charge on any atom is 0.325 e. The standard InChI is InChI=1S/C7H8BrN3O2/c1-13-6(12)4-11-7-9-2-5(8)3-10-7/h2-3H,4H2,1H3,(H,9,10,11). The number of nitrogens with zero attached hydrogens (tertiary/aromatic N) is 2. The molecule has 13 heavy (non-hydrogen) atoms. The highest BCUT2D eigenvalue weighted by Gasteiger charge is 2.00. The fraction of sp³-hybridized carbons (Fsp3) is 0.286. The Morgan fingerprint density at radius 2 is 2.23 bits per heavy atom. The van der Waals surface area contributed by atoms with E-state index in [1.165, 1.54) is 7.11 Å². The van der Waals surface area contributed by atoms with Crippen molar-refractivity contribution in [2.45, 2.75) is 0 Å². The molecule has 0 atom stereocenters. The van der Waals surface area contributed by atoms with E-state index in [2.05, 4.69) is 36.0 Å². The van der Waals surface area contributed by atoms with Crippen molar-refractivity contribution in [1.82, 2.24) is 9.97 Å². The molecule has 0 aromatic carbocycles. The van der Waals surface area contributed by atoms with Gasteiger partial charge in [0.1, 0.15) is 6.54 Å². The van der Waals surface area contributed by atoms with E-state index >= 15 is 0 Å². The van der Waals surface area contributed by atoms with Gasteiger partial charge in [-0.05, 0) is 15.9 Å². The number of carbonyl (C=O) groups excluding carboxylic acids is 1. The van der Waals surface area contributed by atoms with Gasteiger partial charge >= 0.3 is 5.97 Å². The Kier molecular flexibility index (Phi) is 3.63. The number of methoxy groups -OCH3 is 1. The summed E-state index contributed by atoms with van der Waals surface area (Å²) in [7, 11) is 1.33. The molecule has 0 amide bonds. The quantitative estimate of drug-likeness (QED) is 0.800. The van der Waals surface area contributed by atoms with Gasteiger partial charge in [-0.1, -0.05) is 0 Å². The van der Waals surface area contributed by atoms with Gasteiger partial charge in [0.25, 0.3) is 0 Å². The molecule has 0 bridgehead atoms. The van der Waals surface area contributed by atoms with Gasteiger partial charge in [-0.3, -0.25) is 4.79 Å². The van der Waals surface area contributed by atoms with Crippen LogP contribution in [0.2, 0.25) is 0 Å². The molecule has 0 fully saturated rings. The van der Waals surface area contributed by atoms with E-state index in [-0.39, 0.29) is 12.5 Å². The van der Waals surface area contributed by atoms with Crippen LogP contribution < -0.4 is 5.32 Å². The first kappa shape index (κ1) is 9.91. The van der Waals surface area contributed by atoms with Gasteiger partial charge in [-0.25, -0.2) is 9.97 Å². The predicted octanol–water partition coefficient (Wildman–Crippen LogP) is 0.824. The predicted molar refractivity (Wildman–Crippen MR) is 50.2 cm³/mol. The van der Waals surface area contributed by atoms with Crippen LogP contribution in [0, 0.1) is 0 Å². The van der Waals surface area contributed by atoms with Gasteiger partial charge in [0.05, 0.1) is 11.6 Å². The third-order valence-electron chi connectivity index (χ3n) is 1.24.